The summed E-state index contributed by atoms with van der Waals surface area (Å²) in [5.41, 5.74) is 4.15. The van der Waals surface area contributed by atoms with Gasteiger partial charge >= 0.3 is 0 Å². The van der Waals surface area contributed by atoms with Gasteiger partial charge in [0.2, 0.25) is 0 Å². The summed E-state index contributed by atoms with van der Waals surface area (Å²) in [7, 11) is 0. The molecular formula is C22H17N3O3. The van der Waals surface area contributed by atoms with E-state index in [1.807, 2.05) is 48.5 Å². The molecule has 28 heavy (non-hydrogen) atoms. The summed E-state index contributed by atoms with van der Waals surface area (Å²) < 4.78 is 1.80. The molecule has 0 unspecified atom stereocenters. The van der Waals surface area contributed by atoms with Gasteiger partial charge in [-0.3, -0.25) is 14.8 Å². The summed E-state index contributed by atoms with van der Waals surface area (Å²) in [5.74, 6) is 0.173. The Morgan fingerprint density at radius 3 is 2.29 bits per heavy atom. The fourth-order valence-corrected chi connectivity index (χ4v) is 3.09. The van der Waals surface area contributed by atoms with Gasteiger partial charge in [0.25, 0.3) is 5.69 Å². The number of hydrogen-bond acceptors (Lipinski definition) is 4. The third-order valence-electron chi connectivity index (χ3n) is 4.51. The molecule has 0 aliphatic carbocycles. The van der Waals surface area contributed by atoms with Crippen molar-refractivity contribution in [1.29, 1.82) is 0 Å². The molecule has 6 nitrogen and oxygen atoms in total. The van der Waals surface area contributed by atoms with Gasteiger partial charge in [0, 0.05) is 23.3 Å². The summed E-state index contributed by atoms with van der Waals surface area (Å²) in [6.07, 6.45) is 0. The van der Waals surface area contributed by atoms with Crippen molar-refractivity contribution in [3.05, 3.63) is 101 Å². The van der Waals surface area contributed by atoms with Crippen molar-refractivity contribution in [2.45, 2.75) is 6.54 Å². The van der Waals surface area contributed by atoms with Crippen molar-refractivity contribution in [1.82, 2.24) is 9.78 Å². The zero-order valence-electron chi connectivity index (χ0n) is 14.9. The van der Waals surface area contributed by atoms with Crippen LogP contribution in [0.4, 0.5) is 5.69 Å². The molecule has 0 spiro atoms. The topological polar surface area (TPSA) is 81.2 Å². The summed E-state index contributed by atoms with van der Waals surface area (Å²) >= 11 is 0. The van der Waals surface area contributed by atoms with Gasteiger partial charge in [0.1, 0.15) is 5.75 Å². The van der Waals surface area contributed by atoms with E-state index in [1.54, 1.807) is 28.9 Å². The lowest BCUT2D eigenvalue weighted by Crippen LogP contribution is -2.04. The third-order valence-corrected chi connectivity index (χ3v) is 4.51. The second kappa shape index (κ2) is 7.36. The van der Waals surface area contributed by atoms with Crippen LogP contribution in [0.2, 0.25) is 0 Å². The smallest absolute Gasteiger partial charge is 0.269 e. The van der Waals surface area contributed by atoms with Crippen LogP contribution >= 0.6 is 0 Å². The highest BCUT2D eigenvalue weighted by molar-refractivity contribution is 5.72. The molecule has 0 bridgehead atoms. The van der Waals surface area contributed by atoms with E-state index in [-0.39, 0.29) is 11.4 Å². The molecule has 0 fully saturated rings. The highest BCUT2D eigenvalue weighted by Gasteiger charge is 2.15. The molecule has 0 atom stereocenters. The van der Waals surface area contributed by atoms with E-state index in [1.165, 1.54) is 12.1 Å². The van der Waals surface area contributed by atoms with E-state index in [2.05, 4.69) is 0 Å². The van der Waals surface area contributed by atoms with E-state index < -0.39 is 4.92 Å². The molecule has 4 rings (SSSR count). The number of phenolic OH excluding ortho intramolecular Hbond substituents is 1. The van der Waals surface area contributed by atoms with E-state index in [0.29, 0.717) is 12.1 Å². The first-order valence-electron chi connectivity index (χ1n) is 8.77. The number of nitro groups is 1. The number of rotatable bonds is 5. The molecule has 1 aromatic heterocycles. The molecule has 138 valence electrons. The molecule has 0 amide bonds. The molecule has 3 aromatic carbocycles. The molecule has 0 aliphatic rings. The molecule has 0 aliphatic heterocycles. The number of nitro benzene ring substituents is 1. The largest absolute Gasteiger partial charge is 0.507 e. The highest BCUT2D eigenvalue weighted by atomic mass is 16.6. The number of para-hydroxylation sites is 1. The van der Waals surface area contributed by atoms with Gasteiger partial charge in [-0.05, 0) is 23.8 Å². The number of phenols is 1. The van der Waals surface area contributed by atoms with Crippen LogP contribution in [0.5, 0.6) is 5.75 Å². The number of aromatic nitrogens is 2. The molecule has 6 heteroatoms. The molecular weight excluding hydrogens is 354 g/mol. The fraction of sp³-hybridized carbons (Fsp3) is 0.0455. The van der Waals surface area contributed by atoms with Gasteiger partial charge in [-0.15, -0.1) is 0 Å². The molecule has 0 radical (unpaired) electrons. The first-order chi connectivity index (χ1) is 13.6. The maximum atomic E-state index is 10.9. The Bertz CT molecular complexity index is 1120. The van der Waals surface area contributed by atoms with Gasteiger partial charge in [-0.1, -0.05) is 54.6 Å². The maximum absolute atomic E-state index is 10.9. The number of hydrogen-bond donors (Lipinski definition) is 1. The average Bonchev–Trinajstić information content (AvgIpc) is 3.13. The Labute approximate surface area is 161 Å². The quantitative estimate of drug-likeness (QED) is 0.400. The van der Waals surface area contributed by atoms with Gasteiger partial charge < -0.3 is 5.11 Å². The lowest BCUT2D eigenvalue weighted by Gasteiger charge is -2.09. The molecule has 0 saturated carbocycles. The monoisotopic (exact) mass is 371 g/mol. The Morgan fingerprint density at radius 1 is 0.929 bits per heavy atom. The lowest BCUT2D eigenvalue weighted by molar-refractivity contribution is -0.384. The zero-order chi connectivity index (χ0) is 19.5. The van der Waals surface area contributed by atoms with E-state index in [9.17, 15) is 15.2 Å². The Hall–Kier alpha value is -3.93. The number of nitrogens with zero attached hydrogens (tertiary/aromatic N) is 3. The minimum absolute atomic E-state index is 0.0510. The summed E-state index contributed by atoms with van der Waals surface area (Å²) in [5, 5.41) is 25.9. The SMILES string of the molecule is O=[N+]([O-])c1ccc(Cn2nc(-c3ccccc3)cc2-c2ccccc2O)cc1. The van der Waals surface area contributed by atoms with Crippen molar-refractivity contribution >= 4 is 5.69 Å². The predicted octanol–water partition coefficient (Wildman–Crippen LogP) is 4.88. The number of non-ortho nitro benzene ring substituents is 1. The molecule has 0 saturated heterocycles. The van der Waals surface area contributed by atoms with Crippen molar-refractivity contribution < 1.29 is 10.0 Å². The van der Waals surface area contributed by atoms with Crippen LogP contribution in [0.15, 0.2) is 84.9 Å². The van der Waals surface area contributed by atoms with E-state index in [4.69, 9.17) is 5.10 Å². The van der Waals surface area contributed by atoms with E-state index in [0.717, 1.165) is 22.5 Å². The molecule has 1 heterocycles. The van der Waals surface area contributed by atoms with Gasteiger partial charge in [0.15, 0.2) is 0 Å². The van der Waals surface area contributed by atoms with Gasteiger partial charge in [0.05, 0.1) is 22.9 Å². The zero-order valence-corrected chi connectivity index (χ0v) is 14.9. The second-order valence-corrected chi connectivity index (χ2v) is 6.38. The third kappa shape index (κ3) is 3.48. The predicted molar refractivity (Wildman–Crippen MR) is 107 cm³/mol. The summed E-state index contributed by atoms with van der Waals surface area (Å²) in [4.78, 5) is 10.4. The Morgan fingerprint density at radius 2 is 1.61 bits per heavy atom. The van der Waals surface area contributed by atoms with Crippen molar-refractivity contribution in [2.24, 2.45) is 0 Å². The van der Waals surface area contributed by atoms with Gasteiger partial charge in [-0.25, -0.2) is 0 Å². The van der Waals surface area contributed by atoms with Crippen LogP contribution in [0.3, 0.4) is 0 Å². The Kier molecular flexibility index (Phi) is 4.60. The van der Waals surface area contributed by atoms with Crippen LogP contribution in [0.25, 0.3) is 22.5 Å². The fourth-order valence-electron chi connectivity index (χ4n) is 3.09. The minimum Gasteiger partial charge on any atom is -0.507 e. The highest BCUT2D eigenvalue weighted by Crippen LogP contribution is 2.32. The van der Waals surface area contributed by atoms with Crippen LogP contribution in [-0.2, 0) is 6.54 Å². The molecule has 4 aromatic rings. The lowest BCUT2D eigenvalue weighted by atomic mass is 10.1. The van der Waals surface area contributed by atoms with E-state index >= 15 is 0 Å². The second-order valence-electron chi connectivity index (χ2n) is 6.38. The summed E-state index contributed by atoms with van der Waals surface area (Å²) in [6.45, 7) is 0.425. The number of benzene rings is 3. The van der Waals surface area contributed by atoms with Gasteiger partial charge in [-0.2, -0.15) is 5.10 Å². The molecule has 1 N–H and O–H groups in total. The minimum atomic E-state index is -0.418. The maximum Gasteiger partial charge on any atom is 0.269 e. The van der Waals surface area contributed by atoms with Crippen molar-refractivity contribution in [2.75, 3.05) is 0 Å². The van der Waals surface area contributed by atoms with Crippen LogP contribution in [0, 0.1) is 10.1 Å². The summed E-state index contributed by atoms with van der Waals surface area (Å²) in [6, 6.07) is 25.3. The van der Waals surface area contributed by atoms with Crippen molar-refractivity contribution in [3.63, 3.8) is 0 Å². The standard InChI is InChI=1S/C22H17N3O3/c26-22-9-5-4-8-19(22)21-14-20(17-6-2-1-3-7-17)23-24(21)15-16-10-12-18(13-11-16)25(27)28/h1-14,26H,15H2. The van der Waals surface area contributed by atoms with Crippen LogP contribution in [0.1, 0.15) is 5.56 Å². The number of aromatic hydroxyl groups is 1. The Balaban J connectivity index is 1.77. The first kappa shape index (κ1) is 17.5. The van der Waals surface area contributed by atoms with Crippen molar-refractivity contribution in [3.8, 4) is 28.3 Å². The normalized spacial score (nSPS) is 10.7. The first-order valence-corrected chi connectivity index (χ1v) is 8.77. The average molecular weight is 371 g/mol. The van der Waals surface area contributed by atoms with Crippen LogP contribution in [-0.4, -0.2) is 19.8 Å². The van der Waals surface area contributed by atoms with Crippen LogP contribution < -0.4 is 0 Å².